The fourth-order valence-corrected chi connectivity index (χ4v) is 6.40. The largest absolute Gasteiger partial charge is 0.504 e. The Morgan fingerprint density at radius 2 is 1.65 bits per heavy atom. The molecule has 0 aliphatic carbocycles. The number of aromatic hydroxyl groups is 1. The van der Waals surface area contributed by atoms with Crippen molar-refractivity contribution < 1.29 is 28.8 Å². The zero-order valence-corrected chi connectivity index (χ0v) is 26.3. The normalized spacial score (nSPS) is 14.6. The van der Waals surface area contributed by atoms with Crippen LogP contribution in [0.15, 0.2) is 80.1 Å². The number of nitrogens with zero attached hydrogens (tertiary/aromatic N) is 2. The summed E-state index contributed by atoms with van der Waals surface area (Å²) in [6, 6.07) is 14.8. The van der Waals surface area contributed by atoms with Gasteiger partial charge in [-0.1, -0.05) is 45.5 Å². The lowest BCUT2D eigenvalue weighted by molar-refractivity contribution is -0.113. The van der Waals surface area contributed by atoms with Gasteiger partial charge in [0.1, 0.15) is 0 Å². The Labute approximate surface area is 259 Å². The van der Waals surface area contributed by atoms with E-state index in [0.717, 1.165) is 11.3 Å². The minimum absolute atomic E-state index is 0.114. The first-order chi connectivity index (χ1) is 20.7. The second-order valence-corrected chi connectivity index (χ2v) is 11.3. The molecule has 0 unspecified atom stereocenters. The number of aromatic nitrogens is 1. The number of benzene rings is 3. The van der Waals surface area contributed by atoms with Crippen LogP contribution in [0.1, 0.15) is 24.1 Å². The Kier molecular flexibility index (Phi) is 8.60. The Morgan fingerprint density at radius 3 is 2.26 bits per heavy atom. The van der Waals surface area contributed by atoms with E-state index in [1.807, 2.05) is 18.2 Å². The van der Waals surface area contributed by atoms with Crippen LogP contribution in [0.3, 0.4) is 0 Å². The van der Waals surface area contributed by atoms with Crippen LogP contribution >= 0.6 is 27.3 Å². The summed E-state index contributed by atoms with van der Waals surface area (Å²) in [7, 11) is 5.93. The number of para-hydroxylation sites is 1. The first-order valence-corrected chi connectivity index (χ1v) is 14.6. The SMILES string of the molecule is COc1cc(Br)cc(/C=c2\sc3n(c2=O)[C@@H](c2cc(OC)c(OC)c(OC)c2)C(C(=O)Nc2ccccc2)=C(C)N=3)c1O. The number of carbonyl (C=O) groups excluding carboxylic acids is 1. The number of nitrogens with one attached hydrogen (secondary N) is 1. The van der Waals surface area contributed by atoms with Crippen LogP contribution in [0.25, 0.3) is 6.08 Å². The van der Waals surface area contributed by atoms with E-state index in [1.54, 1.807) is 49.4 Å². The maximum Gasteiger partial charge on any atom is 0.271 e. The number of allylic oxidation sites excluding steroid dienone is 1. The van der Waals surface area contributed by atoms with E-state index < -0.39 is 17.5 Å². The van der Waals surface area contributed by atoms with Crippen LogP contribution in [0.4, 0.5) is 5.69 Å². The van der Waals surface area contributed by atoms with Gasteiger partial charge in [-0.25, -0.2) is 4.99 Å². The molecule has 5 rings (SSSR count). The monoisotopic (exact) mass is 665 g/mol. The van der Waals surface area contributed by atoms with Crippen molar-refractivity contribution in [2.75, 3.05) is 33.8 Å². The number of halogens is 1. The molecule has 43 heavy (non-hydrogen) atoms. The van der Waals surface area contributed by atoms with Crippen molar-refractivity contribution in [2.24, 2.45) is 4.99 Å². The average molecular weight is 667 g/mol. The Morgan fingerprint density at radius 1 is 1.00 bits per heavy atom. The number of anilines is 1. The van der Waals surface area contributed by atoms with Crippen molar-refractivity contribution in [3.05, 3.63) is 101 Å². The number of hydrogen-bond donors (Lipinski definition) is 2. The van der Waals surface area contributed by atoms with Gasteiger partial charge in [-0.3, -0.25) is 14.2 Å². The minimum Gasteiger partial charge on any atom is -0.504 e. The second-order valence-electron chi connectivity index (χ2n) is 9.41. The van der Waals surface area contributed by atoms with E-state index in [-0.39, 0.29) is 17.1 Å². The molecule has 0 fully saturated rings. The topological polar surface area (TPSA) is 121 Å². The summed E-state index contributed by atoms with van der Waals surface area (Å²) in [4.78, 5) is 33.1. The Balaban J connectivity index is 1.76. The molecule has 1 aliphatic heterocycles. The zero-order valence-electron chi connectivity index (χ0n) is 23.9. The number of phenols is 1. The van der Waals surface area contributed by atoms with E-state index in [1.165, 1.54) is 33.0 Å². The molecule has 10 nitrogen and oxygen atoms in total. The molecule has 3 aromatic carbocycles. The fraction of sp³-hybridized carbons (Fsp3) is 0.194. The van der Waals surface area contributed by atoms with Crippen molar-refractivity contribution in [3.63, 3.8) is 0 Å². The number of thiazole rings is 1. The maximum atomic E-state index is 14.1. The molecule has 4 aromatic rings. The predicted molar refractivity (Wildman–Crippen MR) is 167 cm³/mol. The molecule has 2 heterocycles. The summed E-state index contributed by atoms with van der Waals surface area (Å²) in [5, 5.41) is 13.7. The van der Waals surface area contributed by atoms with E-state index in [9.17, 15) is 14.7 Å². The molecule has 12 heteroatoms. The summed E-state index contributed by atoms with van der Waals surface area (Å²) in [6.07, 6.45) is 1.57. The first-order valence-electron chi connectivity index (χ1n) is 13.0. The molecule has 0 spiro atoms. The molecule has 0 saturated carbocycles. The lowest BCUT2D eigenvalue weighted by Gasteiger charge is -2.26. The molecule has 1 aromatic heterocycles. The highest BCUT2D eigenvalue weighted by Gasteiger charge is 2.34. The van der Waals surface area contributed by atoms with Crippen molar-refractivity contribution in [1.29, 1.82) is 0 Å². The third-order valence-electron chi connectivity index (χ3n) is 6.88. The van der Waals surface area contributed by atoms with Gasteiger partial charge in [-0.2, -0.15) is 0 Å². The maximum absolute atomic E-state index is 14.1. The van der Waals surface area contributed by atoms with Gasteiger partial charge in [0.05, 0.1) is 50.3 Å². The van der Waals surface area contributed by atoms with Crippen molar-refractivity contribution >= 4 is 44.9 Å². The van der Waals surface area contributed by atoms with Gasteiger partial charge in [0.15, 0.2) is 27.8 Å². The third kappa shape index (κ3) is 5.63. The van der Waals surface area contributed by atoms with Crippen molar-refractivity contribution in [2.45, 2.75) is 13.0 Å². The van der Waals surface area contributed by atoms with Crippen LogP contribution in [-0.2, 0) is 4.79 Å². The van der Waals surface area contributed by atoms with Crippen LogP contribution < -0.4 is 39.2 Å². The third-order valence-corrected chi connectivity index (χ3v) is 8.32. The second kappa shape index (κ2) is 12.4. The number of hydrogen-bond acceptors (Lipinski definition) is 9. The predicted octanol–water partition coefficient (Wildman–Crippen LogP) is 4.38. The van der Waals surface area contributed by atoms with Gasteiger partial charge in [-0.15, -0.1) is 0 Å². The Hall–Kier alpha value is -4.55. The van der Waals surface area contributed by atoms with Gasteiger partial charge in [-0.05, 0) is 55.0 Å². The quantitative estimate of drug-likeness (QED) is 0.287. The van der Waals surface area contributed by atoms with E-state index in [4.69, 9.17) is 18.9 Å². The average Bonchev–Trinajstić information content (AvgIpc) is 3.31. The van der Waals surface area contributed by atoms with Crippen LogP contribution in [0.5, 0.6) is 28.7 Å². The van der Waals surface area contributed by atoms with Crippen LogP contribution in [-0.4, -0.2) is 44.0 Å². The van der Waals surface area contributed by atoms with Crippen LogP contribution in [0.2, 0.25) is 0 Å². The number of methoxy groups -OCH3 is 4. The van der Waals surface area contributed by atoms with Crippen molar-refractivity contribution in [3.8, 4) is 28.7 Å². The van der Waals surface area contributed by atoms with Crippen LogP contribution in [0, 0.1) is 0 Å². The fourth-order valence-electron chi connectivity index (χ4n) is 4.91. The molecule has 0 bridgehead atoms. The smallest absolute Gasteiger partial charge is 0.271 e. The molecule has 2 N–H and O–H groups in total. The number of fused-ring (bicyclic) bond motifs is 1. The molecular weight excluding hydrogens is 638 g/mol. The first kappa shape index (κ1) is 29.9. The molecule has 222 valence electrons. The van der Waals surface area contributed by atoms with E-state index in [0.29, 0.717) is 53.6 Å². The highest BCUT2D eigenvalue weighted by Crippen LogP contribution is 2.42. The molecule has 1 atom stereocenters. The standard InChI is InChI=1S/C31H28BrN3O7S/c1-16-25(29(37)34-20-9-7-6-8-10-20)26(17-12-22(40-3)28(42-5)23(13-17)41-4)35-30(38)24(43-31(35)33-16)14-18-11-19(32)15-21(39-2)27(18)36/h6-15,26,36H,1-5H3,(H,34,37)/b24-14-/t26-/m0/s1. The van der Waals surface area contributed by atoms with E-state index >= 15 is 0 Å². The number of ether oxygens (including phenoxy) is 4. The number of phenolic OH excluding ortho intramolecular Hbond substituents is 1. The van der Waals surface area contributed by atoms with Gasteiger partial charge in [0, 0.05) is 15.7 Å². The van der Waals surface area contributed by atoms with Gasteiger partial charge in [0.25, 0.3) is 11.5 Å². The molecule has 0 saturated heterocycles. The molecule has 1 aliphatic rings. The van der Waals surface area contributed by atoms with Gasteiger partial charge < -0.3 is 29.4 Å². The summed E-state index contributed by atoms with van der Waals surface area (Å²) in [5.41, 5.74) is 1.81. The number of carbonyl (C=O) groups is 1. The van der Waals surface area contributed by atoms with Crippen molar-refractivity contribution in [1.82, 2.24) is 4.57 Å². The summed E-state index contributed by atoms with van der Waals surface area (Å²) in [5.74, 6) is 0.813. The lowest BCUT2D eigenvalue weighted by atomic mass is 9.94. The summed E-state index contributed by atoms with van der Waals surface area (Å²) < 4.78 is 24.4. The molecule has 1 amide bonds. The number of amides is 1. The van der Waals surface area contributed by atoms with E-state index in [2.05, 4.69) is 26.2 Å². The highest BCUT2D eigenvalue weighted by atomic mass is 79.9. The number of rotatable bonds is 8. The summed E-state index contributed by atoms with van der Waals surface area (Å²) in [6.45, 7) is 1.73. The van der Waals surface area contributed by atoms with Gasteiger partial charge >= 0.3 is 0 Å². The zero-order chi connectivity index (χ0) is 30.8. The molecule has 0 radical (unpaired) electrons. The minimum atomic E-state index is -0.901. The molecular formula is C31H28BrN3O7S. The highest BCUT2D eigenvalue weighted by molar-refractivity contribution is 9.10. The Bertz CT molecular complexity index is 1910. The van der Waals surface area contributed by atoms with Gasteiger partial charge in [0.2, 0.25) is 5.75 Å². The lowest BCUT2D eigenvalue weighted by Crippen LogP contribution is -2.40. The summed E-state index contributed by atoms with van der Waals surface area (Å²) >= 11 is 4.56.